The highest BCUT2D eigenvalue weighted by molar-refractivity contribution is 7.11. The first kappa shape index (κ1) is 18.0. The highest BCUT2D eigenvalue weighted by atomic mass is 32.1. The van der Waals surface area contributed by atoms with E-state index >= 15 is 0 Å². The van der Waals surface area contributed by atoms with Gasteiger partial charge in [0.1, 0.15) is 5.70 Å². The largest absolute Gasteiger partial charge is 0.366 e. The number of benzene rings is 1. The first-order valence-corrected chi connectivity index (χ1v) is 10.3. The lowest BCUT2D eigenvalue weighted by Crippen LogP contribution is -2.38. The van der Waals surface area contributed by atoms with E-state index in [4.69, 9.17) is 0 Å². The highest BCUT2D eigenvalue weighted by Gasteiger charge is 2.43. The fraction of sp³-hybridized carbons (Fsp3) is 0.364. The Bertz CT molecular complexity index is 922. The van der Waals surface area contributed by atoms with Crippen molar-refractivity contribution in [3.8, 4) is 0 Å². The summed E-state index contributed by atoms with van der Waals surface area (Å²) in [6, 6.07) is 9.72. The smallest absolute Gasteiger partial charge is 0.282 e. The Hall–Kier alpha value is -2.40. The van der Waals surface area contributed by atoms with Crippen molar-refractivity contribution in [1.29, 1.82) is 0 Å². The SMILES string of the molecule is Cc1ccc(N2C(=O)C(c3cccs3)=C(N3CCC(C)CC3)C2=O)c(C)c1. The number of anilines is 1. The number of piperidine rings is 1. The minimum absolute atomic E-state index is 0.190. The summed E-state index contributed by atoms with van der Waals surface area (Å²) in [4.78, 5) is 31.2. The Balaban J connectivity index is 1.80. The van der Waals surface area contributed by atoms with E-state index in [-0.39, 0.29) is 11.8 Å². The molecule has 3 heterocycles. The Morgan fingerprint density at radius 1 is 1.04 bits per heavy atom. The van der Waals surface area contributed by atoms with Gasteiger partial charge in [0.15, 0.2) is 0 Å². The zero-order chi connectivity index (χ0) is 19.1. The maximum absolute atomic E-state index is 13.5. The van der Waals surface area contributed by atoms with Crippen molar-refractivity contribution >= 4 is 34.4 Å². The topological polar surface area (TPSA) is 40.6 Å². The number of imide groups is 1. The van der Waals surface area contributed by atoms with Gasteiger partial charge in [-0.1, -0.05) is 30.7 Å². The zero-order valence-electron chi connectivity index (χ0n) is 16.0. The molecule has 5 heteroatoms. The van der Waals surface area contributed by atoms with Gasteiger partial charge < -0.3 is 4.90 Å². The number of amides is 2. The van der Waals surface area contributed by atoms with Crippen LogP contribution in [0.5, 0.6) is 0 Å². The predicted octanol–water partition coefficient (Wildman–Crippen LogP) is 4.38. The molecule has 2 aliphatic rings. The number of rotatable bonds is 3. The van der Waals surface area contributed by atoms with Crippen LogP contribution in [-0.2, 0) is 9.59 Å². The van der Waals surface area contributed by atoms with E-state index in [9.17, 15) is 9.59 Å². The molecule has 4 nitrogen and oxygen atoms in total. The number of likely N-dealkylation sites (tertiary alicyclic amines) is 1. The number of hydrogen-bond acceptors (Lipinski definition) is 4. The van der Waals surface area contributed by atoms with Gasteiger partial charge in [0.05, 0.1) is 11.3 Å². The second-order valence-electron chi connectivity index (χ2n) is 7.61. The molecular formula is C22H24N2O2S. The number of thiophene rings is 1. The Morgan fingerprint density at radius 2 is 1.78 bits per heavy atom. The van der Waals surface area contributed by atoms with E-state index in [1.165, 1.54) is 16.2 Å². The van der Waals surface area contributed by atoms with Crippen LogP contribution in [0.3, 0.4) is 0 Å². The van der Waals surface area contributed by atoms with E-state index in [0.29, 0.717) is 22.9 Å². The third kappa shape index (κ3) is 3.10. The minimum atomic E-state index is -0.206. The van der Waals surface area contributed by atoms with Crippen LogP contribution in [0.4, 0.5) is 5.69 Å². The molecule has 1 saturated heterocycles. The fourth-order valence-corrected chi connectivity index (χ4v) is 4.72. The molecule has 2 aliphatic heterocycles. The van der Waals surface area contributed by atoms with Crippen LogP contribution >= 0.6 is 11.3 Å². The molecule has 1 fully saturated rings. The number of nitrogens with zero attached hydrogens (tertiary/aromatic N) is 2. The molecule has 140 valence electrons. The predicted molar refractivity (Wildman–Crippen MR) is 110 cm³/mol. The summed E-state index contributed by atoms with van der Waals surface area (Å²) in [6.07, 6.45) is 2.10. The third-order valence-corrected chi connectivity index (χ3v) is 6.41. The Labute approximate surface area is 164 Å². The summed E-state index contributed by atoms with van der Waals surface area (Å²) in [6.45, 7) is 7.86. The summed E-state index contributed by atoms with van der Waals surface area (Å²) in [5, 5.41) is 1.95. The molecule has 0 radical (unpaired) electrons. The molecule has 0 N–H and O–H groups in total. The van der Waals surface area contributed by atoms with Crippen molar-refractivity contribution in [2.45, 2.75) is 33.6 Å². The van der Waals surface area contributed by atoms with Crippen molar-refractivity contribution in [3.63, 3.8) is 0 Å². The molecule has 0 bridgehead atoms. The normalized spacial score (nSPS) is 18.8. The Morgan fingerprint density at radius 3 is 2.41 bits per heavy atom. The quantitative estimate of drug-likeness (QED) is 0.742. The monoisotopic (exact) mass is 380 g/mol. The number of hydrogen-bond donors (Lipinski definition) is 0. The summed E-state index contributed by atoms with van der Waals surface area (Å²) < 4.78 is 0. The van der Waals surface area contributed by atoms with Crippen molar-refractivity contribution < 1.29 is 9.59 Å². The van der Waals surface area contributed by atoms with Gasteiger partial charge >= 0.3 is 0 Å². The lowest BCUT2D eigenvalue weighted by molar-refractivity contribution is -0.120. The average Bonchev–Trinajstić information content (AvgIpc) is 3.23. The minimum Gasteiger partial charge on any atom is -0.366 e. The Kier molecular flexibility index (Phi) is 4.64. The van der Waals surface area contributed by atoms with Crippen LogP contribution in [-0.4, -0.2) is 29.8 Å². The van der Waals surface area contributed by atoms with E-state index in [2.05, 4.69) is 11.8 Å². The van der Waals surface area contributed by atoms with Gasteiger partial charge in [-0.3, -0.25) is 9.59 Å². The summed E-state index contributed by atoms with van der Waals surface area (Å²) >= 11 is 1.51. The molecule has 0 aliphatic carbocycles. The first-order valence-electron chi connectivity index (χ1n) is 9.46. The first-order chi connectivity index (χ1) is 13.0. The number of aryl methyl sites for hydroxylation is 2. The van der Waals surface area contributed by atoms with E-state index < -0.39 is 0 Å². The standard InChI is InChI=1S/C22H24N2O2S/c1-14-8-10-23(11-9-14)20-19(18-5-4-12-27-18)21(25)24(22(20)26)17-7-6-15(2)13-16(17)3/h4-7,12-14H,8-11H2,1-3H3. The van der Waals surface area contributed by atoms with Crippen LogP contribution in [0.15, 0.2) is 41.4 Å². The number of carbonyl (C=O) groups excluding carboxylic acids is 2. The van der Waals surface area contributed by atoms with Gasteiger partial charge in [0, 0.05) is 18.0 Å². The third-order valence-electron chi connectivity index (χ3n) is 5.52. The van der Waals surface area contributed by atoms with E-state index in [1.807, 2.05) is 49.6 Å². The fourth-order valence-electron chi connectivity index (χ4n) is 3.96. The van der Waals surface area contributed by atoms with E-state index in [0.717, 1.165) is 41.9 Å². The molecule has 0 spiro atoms. The highest BCUT2D eigenvalue weighted by Crippen LogP contribution is 2.38. The maximum Gasteiger partial charge on any atom is 0.282 e. The summed E-state index contributed by atoms with van der Waals surface area (Å²) in [5.74, 6) is 0.266. The van der Waals surface area contributed by atoms with Crippen LogP contribution in [0, 0.1) is 19.8 Å². The molecule has 0 unspecified atom stereocenters. The summed E-state index contributed by atoms with van der Waals surface area (Å²) in [5.41, 5.74) is 3.88. The number of carbonyl (C=O) groups is 2. The lowest BCUT2D eigenvalue weighted by atomic mass is 9.98. The van der Waals surface area contributed by atoms with Gasteiger partial charge in [-0.2, -0.15) is 0 Å². The average molecular weight is 381 g/mol. The van der Waals surface area contributed by atoms with Crippen LogP contribution in [0.1, 0.15) is 35.8 Å². The molecular weight excluding hydrogens is 356 g/mol. The van der Waals surface area contributed by atoms with Crippen LogP contribution in [0.25, 0.3) is 5.57 Å². The van der Waals surface area contributed by atoms with Crippen molar-refractivity contribution in [1.82, 2.24) is 4.90 Å². The molecule has 2 aromatic rings. The lowest BCUT2D eigenvalue weighted by Gasteiger charge is -2.32. The van der Waals surface area contributed by atoms with Gasteiger partial charge in [-0.05, 0) is 55.7 Å². The van der Waals surface area contributed by atoms with E-state index in [1.54, 1.807) is 0 Å². The molecule has 2 amide bonds. The molecule has 4 rings (SSSR count). The molecule has 0 saturated carbocycles. The van der Waals surface area contributed by atoms with Gasteiger partial charge in [0.2, 0.25) is 0 Å². The van der Waals surface area contributed by atoms with Crippen molar-refractivity contribution in [2.75, 3.05) is 18.0 Å². The zero-order valence-corrected chi connectivity index (χ0v) is 16.8. The second-order valence-corrected chi connectivity index (χ2v) is 8.55. The van der Waals surface area contributed by atoms with Crippen LogP contribution < -0.4 is 4.90 Å². The summed E-state index contributed by atoms with van der Waals surface area (Å²) in [7, 11) is 0. The van der Waals surface area contributed by atoms with Gasteiger partial charge in [0.25, 0.3) is 11.8 Å². The van der Waals surface area contributed by atoms with Gasteiger partial charge in [-0.15, -0.1) is 11.3 Å². The van der Waals surface area contributed by atoms with Crippen LogP contribution in [0.2, 0.25) is 0 Å². The van der Waals surface area contributed by atoms with Gasteiger partial charge in [-0.25, -0.2) is 4.90 Å². The van der Waals surface area contributed by atoms with Crippen molar-refractivity contribution in [2.24, 2.45) is 5.92 Å². The molecule has 27 heavy (non-hydrogen) atoms. The molecule has 0 atom stereocenters. The maximum atomic E-state index is 13.5. The molecule has 1 aromatic carbocycles. The van der Waals surface area contributed by atoms with Crippen molar-refractivity contribution in [3.05, 3.63) is 57.4 Å². The second kappa shape index (κ2) is 6.97. The molecule has 1 aromatic heterocycles.